The number of nitrogens with zero attached hydrogens (tertiary/aromatic N) is 3. The third kappa shape index (κ3) is 6.24. The van der Waals surface area contributed by atoms with Crippen LogP contribution in [0.1, 0.15) is 74.2 Å². The summed E-state index contributed by atoms with van der Waals surface area (Å²) < 4.78 is 7.59. The van der Waals surface area contributed by atoms with E-state index < -0.39 is 0 Å². The van der Waals surface area contributed by atoms with Crippen molar-refractivity contribution in [2.75, 3.05) is 6.54 Å². The van der Waals surface area contributed by atoms with Gasteiger partial charge in [0.2, 0.25) is 5.91 Å². The van der Waals surface area contributed by atoms with E-state index in [0.29, 0.717) is 6.54 Å². The number of carbonyl (C=O) groups excluding carboxylic acids is 2. The highest BCUT2D eigenvalue weighted by Crippen LogP contribution is 2.25. The fourth-order valence-corrected chi connectivity index (χ4v) is 4.94. The van der Waals surface area contributed by atoms with Gasteiger partial charge in [0.1, 0.15) is 6.54 Å². The Bertz CT molecular complexity index is 1070. The lowest BCUT2D eigenvalue weighted by Crippen LogP contribution is -2.49. The highest BCUT2D eigenvalue weighted by Gasteiger charge is 2.31. The van der Waals surface area contributed by atoms with Crippen LogP contribution in [-0.2, 0) is 17.9 Å². The van der Waals surface area contributed by atoms with Gasteiger partial charge in [0.05, 0.1) is 12.8 Å². The quantitative estimate of drug-likeness (QED) is 0.376. The normalized spacial score (nSPS) is 15.0. The van der Waals surface area contributed by atoms with Gasteiger partial charge in [0.25, 0.3) is 5.91 Å². The predicted molar refractivity (Wildman–Crippen MR) is 137 cm³/mol. The minimum absolute atomic E-state index is 0.00423. The zero-order chi connectivity index (χ0) is 24.6. The van der Waals surface area contributed by atoms with Crippen LogP contribution < -0.4 is 0 Å². The Morgan fingerprint density at radius 3 is 2.49 bits per heavy atom. The summed E-state index contributed by atoms with van der Waals surface area (Å²) in [5.41, 5.74) is 2.34. The fourth-order valence-electron chi connectivity index (χ4n) is 4.94. The molecule has 186 valence electrons. The molecule has 1 aromatic carbocycles. The minimum Gasteiger partial charge on any atom is -0.459 e. The first-order valence-electron chi connectivity index (χ1n) is 12.9. The van der Waals surface area contributed by atoms with Gasteiger partial charge in [0.15, 0.2) is 5.76 Å². The molecule has 1 saturated carbocycles. The summed E-state index contributed by atoms with van der Waals surface area (Å²) in [7, 11) is 0. The van der Waals surface area contributed by atoms with Gasteiger partial charge in [0, 0.05) is 30.5 Å². The van der Waals surface area contributed by atoms with Crippen molar-refractivity contribution in [3.8, 4) is 0 Å². The Hall–Kier alpha value is -3.28. The van der Waals surface area contributed by atoms with Gasteiger partial charge < -0.3 is 18.8 Å². The number of rotatable bonds is 10. The van der Waals surface area contributed by atoms with Crippen molar-refractivity contribution in [2.24, 2.45) is 0 Å². The molecule has 0 N–H and O–H groups in total. The van der Waals surface area contributed by atoms with E-state index in [9.17, 15) is 9.59 Å². The monoisotopic (exact) mass is 475 g/mol. The second-order valence-electron chi connectivity index (χ2n) is 9.59. The Balaban J connectivity index is 1.55. The summed E-state index contributed by atoms with van der Waals surface area (Å²) in [5, 5.41) is 0. The Labute approximate surface area is 208 Å². The molecular formula is C29H37N3O3. The van der Waals surface area contributed by atoms with Crippen molar-refractivity contribution in [1.82, 2.24) is 14.4 Å². The first kappa shape index (κ1) is 24.8. The average molecular weight is 476 g/mol. The molecule has 0 bridgehead atoms. The lowest BCUT2D eigenvalue weighted by Gasteiger charge is -2.37. The summed E-state index contributed by atoms with van der Waals surface area (Å²) in [6.07, 6.45) is 9.87. The second kappa shape index (κ2) is 11.9. The molecule has 4 rings (SSSR count). The largest absolute Gasteiger partial charge is 0.459 e. The number of amides is 2. The Morgan fingerprint density at radius 2 is 1.80 bits per heavy atom. The molecule has 6 nitrogen and oxygen atoms in total. The molecule has 2 aromatic heterocycles. The number of aromatic nitrogens is 1. The molecule has 1 fully saturated rings. The van der Waals surface area contributed by atoms with Crippen LogP contribution in [0.25, 0.3) is 0 Å². The van der Waals surface area contributed by atoms with Gasteiger partial charge in [-0.05, 0) is 56.0 Å². The summed E-state index contributed by atoms with van der Waals surface area (Å²) >= 11 is 0. The van der Waals surface area contributed by atoms with Crippen LogP contribution in [0.5, 0.6) is 0 Å². The van der Waals surface area contributed by atoms with E-state index in [1.807, 2.05) is 30.9 Å². The number of carbonyl (C=O) groups is 2. The van der Waals surface area contributed by atoms with Crippen LogP contribution in [0.4, 0.5) is 0 Å². The SMILES string of the molecule is CCC(C)N(CC(=O)N(Cc1cccn1Cc1ccccc1)C1CCCCC1)C(=O)c1ccco1. The number of hydrogen-bond acceptors (Lipinski definition) is 3. The van der Waals surface area contributed by atoms with Crippen LogP contribution in [0.15, 0.2) is 71.5 Å². The van der Waals surface area contributed by atoms with Crippen molar-refractivity contribution in [1.29, 1.82) is 0 Å². The predicted octanol–water partition coefficient (Wildman–Crippen LogP) is 5.73. The number of benzene rings is 1. The van der Waals surface area contributed by atoms with Crippen LogP contribution in [0.3, 0.4) is 0 Å². The molecule has 2 amide bonds. The third-order valence-corrected chi connectivity index (χ3v) is 7.21. The molecule has 0 spiro atoms. The number of furan rings is 1. The molecule has 2 heterocycles. The topological polar surface area (TPSA) is 58.7 Å². The van der Waals surface area contributed by atoms with Gasteiger partial charge >= 0.3 is 0 Å². The van der Waals surface area contributed by atoms with Gasteiger partial charge in [-0.15, -0.1) is 0 Å². The molecule has 1 aliphatic carbocycles. The molecule has 6 heteroatoms. The standard InChI is InChI=1S/C29H37N3O3/c1-3-23(2)31(29(34)27-17-11-19-35-27)22-28(33)32(25-14-8-5-9-15-25)21-26-16-10-18-30(26)20-24-12-6-4-7-13-24/h4,6-7,10-13,16-19,23,25H,3,5,8-9,14-15,20-22H2,1-2H3. The molecule has 1 atom stereocenters. The lowest BCUT2D eigenvalue weighted by atomic mass is 9.94. The molecule has 0 radical (unpaired) electrons. The maximum atomic E-state index is 13.8. The van der Waals surface area contributed by atoms with Gasteiger partial charge in [-0.25, -0.2) is 0 Å². The van der Waals surface area contributed by atoms with Crippen LogP contribution in [-0.4, -0.2) is 44.8 Å². The van der Waals surface area contributed by atoms with Gasteiger partial charge in [-0.1, -0.05) is 56.5 Å². The van der Waals surface area contributed by atoms with Gasteiger partial charge in [-0.2, -0.15) is 0 Å². The molecule has 0 aliphatic heterocycles. The smallest absolute Gasteiger partial charge is 0.290 e. The first-order chi connectivity index (χ1) is 17.1. The minimum atomic E-state index is -0.228. The maximum Gasteiger partial charge on any atom is 0.290 e. The van der Waals surface area contributed by atoms with E-state index >= 15 is 0 Å². The van der Waals surface area contributed by atoms with Crippen molar-refractivity contribution in [3.63, 3.8) is 0 Å². The number of hydrogen-bond donors (Lipinski definition) is 0. The average Bonchev–Trinajstić information content (AvgIpc) is 3.58. The summed E-state index contributed by atoms with van der Waals surface area (Å²) in [4.78, 5) is 30.7. The van der Waals surface area contributed by atoms with E-state index in [-0.39, 0.29) is 36.2 Å². The Kier molecular flexibility index (Phi) is 8.45. The molecule has 0 saturated heterocycles. The van der Waals surface area contributed by atoms with Crippen molar-refractivity contribution in [2.45, 2.75) is 77.5 Å². The van der Waals surface area contributed by atoms with Crippen molar-refractivity contribution in [3.05, 3.63) is 84.1 Å². The molecule has 1 aliphatic rings. The van der Waals surface area contributed by atoms with Crippen molar-refractivity contribution < 1.29 is 14.0 Å². The lowest BCUT2D eigenvalue weighted by molar-refractivity contribution is -0.136. The van der Waals surface area contributed by atoms with Gasteiger partial charge in [-0.3, -0.25) is 9.59 Å². The highest BCUT2D eigenvalue weighted by atomic mass is 16.3. The second-order valence-corrected chi connectivity index (χ2v) is 9.59. The van der Waals surface area contributed by atoms with E-state index in [1.165, 1.54) is 18.2 Å². The fraction of sp³-hybridized carbons (Fsp3) is 0.448. The van der Waals surface area contributed by atoms with E-state index in [4.69, 9.17) is 4.42 Å². The molecule has 3 aromatic rings. The highest BCUT2D eigenvalue weighted by molar-refractivity contribution is 5.94. The van der Waals surface area contributed by atoms with Crippen LogP contribution in [0, 0.1) is 0 Å². The Morgan fingerprint density at radius 1 is 1.03 bits per heavy atom. The van der Waals surface area contributed by atoms with Crippen molar-refractivity contribution >= 4 is 11.8 Å². The molecular weight excluding hydrogens is 438 g/mol. The summed E-state index contributed by atoms with van der Waals surface area (Å²) in [6, 6.07) is 18.0. The van der Waals surface area contributed by atoms with E-state index in [1.54, 1.807) is 17.0 Å². The van der Waals surface area contributed by atoms with E-state index in [2.05, 4.69) is 41.1 Å². The van der Waals surface area contributed by atoms with E-state index in [0.717, 1.165) is 44.3 Å². The molecule has 35 heavy (non-hydrogen) atoms. The maximum absolute atomic E-state index is 13.8. The summed E-state index contributed by atoms with van der Waals surface area (Å²) in [5.74, 6) is 0.0531. The summed E-state index contributed by atoms with van der Waals surface area (Å²) in [6.45, 7) is 5.40. The zero-order valence-corrected chi connectivity index (χ0v) is 20.9. The first-order valence-corrected chi connectivity index (χ1v) is 12.9. The van der Waals surface area contributed by atoms with Crippen LogP contribution >= 0.6 is 0 Å². The van der Waals surface area contributed by atoms with Crippen LogP contribution in [0.2, 0.25) is 0 Å². The zero-order valence-electron chi connectivity index (χ0n) is 20.9. The molecule has 1 unspecified atom stereocenters. The third-order valence-electron chi connectivity index (χ3n) is 7.21.